The number of ether oxygens (including phenoxy) is 3. The van der Waals surface area contributed by atoms with Gasteiger partial charge in [0.15, 0.2) is 0 Å². The molecule has 0 aromatic carbocycles. The van der Waals surface area contributed by atoms with Crippen LogP contribution in [-0.4, -0.2) is 63.9 Å². The number of ketones is 2. The van der Waals surface area contributed by atoms with Gasteiger partial charge in [0, 0.05) is 36.5 Å². The van der Waals surface area contributed by atoms with Crippen LogP contribution in [0.4, 0.5) is 0 Å². The van der Waals surface area contributed by atoms with Gasteiger partial charge in [-0.25, -0.2) is 0 Å². The zero-order valence-electron chi connectivity index (χ0n) is 31.4. The number of Topliss-reactive ketones (excluding diaryl/α,β-unsaturated/α-hetero) is 2. The molecule has 4 fully saturated rings. The van der Waals surface area contributed by atoms with E-state index in [9.17, 15) is 24.6 Å². The molecule has 0 radical (unpaired) electrons. The number of hydrogen-bond acceptors (Lipinski definition) is 8. The first-order valence-electron chi connectivity index (χ1n) is 18.9. The number of rotatable bonds is 2. The fourth-order valence-electron chi connectivity index (χ4n) is 9.70. The molecule has 6 aliphatic rings. The van der Waals surface area contributed by atoms with Crippen molar-refractivity contribution in [3.63, 3.8) is 0 Å². The lowest BCUT2D eigenvalue weighted by molar-refractivity contribution is -0.181. The van der Waals surface area contributed by atoms with Gasteiger partial charge >= 0.3 is 5.97 Å². The summed E-state index contributed by atoms with van der Waals surface area (Å²) in [5.41, 5.74) is -1.09. The van der Waals surface area contributed by atoms with Crippen LogP contribution in [0.3, 0.4) is 0 Å². The number of carbonyl (C=O) groups excluding carboxylic acids is 3. The predicted octanol–water partition coefficient (Wildman–Crippen LogP) is 7.06. The molecule has 2 N–H and O–H groups in total. The molecule has 0 aromatic heterocycles. The molecule has 8 nitrogen and oxygen atoms in total. The van der Waals surface area contributed by atoms with Crippen LogP contribution in [0.1, 0.15) is 120 Å². The van der Waals surface area contributed by atoms with Crippen LogP contribution in [0, 0.1) is 47.3 Å². The lowest BCUT2D eigenvalue weighted by Crippen LogP contribution is -2.62. The van der Waals surface area contributed by atoms with Gasteiger partial charge in [0.2, 0.25) is 0 Å². The summed E-state index contributed by atoms with van der Waals surface area (Å²) in [6.45, 7) is 15.9. The monoisotopic (exact) mass is 682 g/mol. The molecular formula is C41H62O8. The van der Waals surface area contributed by atoms with E-state index in [4.69, 9.17) is 14.2 Å². The van der Waals surface area contributed by atoms with E-state index in [1.54, 1.807) is 6.92 Å². The van der Waals surface area contributed by atoms with Gasteiger partial charge in [-0.2, -0.15) is 0 Å². The fraction of sp³-hybridized carbons (Fsp3) is 0.780. The Labute approximate surface area is 294 Å². The maximum atomic E-state index is 14.4. The van der Waals surface area contributed by atoms with E-state index in [0.29, 0.717) is 25.7 Å². The first-order chi connectivity index (χ1) is 22.9. The number of hydrogen-bond donors (Lipinski definition) is 2. The van der Waals surface area contributed by atoms with Gasteiger partial charge in [-0.3, -0.25) is 14.4 Å². The molecule has 4 aliphatic heterocycles. The molecule has 6 bridgehead atoms. The summed E-state index contributed by atoms with van der Waals surface area (Å²) >= 11 is 0. The number of allylic oxidation sites excluding steroid dienone is 4. The predicted molar refractivity (Wildman–Crippen MR) is 188 cm³/mol. The minimum atomic E-state index is -1.22. The van der Waals surface area contributed by atoms with Crippen molar-refractivity contribution in [3.05, 3.63) is 35.1 Å². The van der Waals surface area contributed by atoms with Crippen molar-refractivity contribution in [3.8, 4) is 0 Å². The molecule has 0 aromatic rings. The number of aliphatic hydroxyl groups is 2. The van der Waals surface area contributed by atoms with Crippen LogP contribution in [0.2, 0.25) is 0 Å². The van der Waals surface area contributed by atoms with E-state index in [1.807, 2.05) is 34.6 Å². The van der Waals surface area contributed by atoms with Crippen LogP contribution in [0.5, 0.6) is 0 Å². The lowest BCUT2D eigenvalue weighted by Gasteiger charge is -2.59. The Morgan fingerprint density at radius 3 is 2.41 bits per heavy atom. The molecule has 0 amide bonds. The van der Waals surface area contributed by atoms with Crippen molar-refractivity contribution in [1.29, 1.82) is 0 Å². The molecule has 3 saturated heterocycles. The summed E-state index contributed by atoms with van der Waals surface area (Å²) in [6, 6.07) is 0. The molecule has 12 atom stereocenters. The average molecular weight is 683 g/mol. The fourth-order valence-corrected chi connectivity index (χ4v) is 9.70. The number of carbonyl (C=O) groups is 3. The summed E-state index contributed by atoms with van der Waals surface area (Å²) < 4.78 is 18.9. The number of methoxy groups -OCH3 is 1. The smallest absolute Gasteiger partial charge is 0.313 e. The number of fused-ring (bicyclic) bond motifs is 2. The van der Waals surface area contributed by atoms with Crippen molar-refractivity contribution >= 4 is 17.5 Å². The normalized spacial score (nSPS) is 46.0. The number of esters is 1. The Morgan fingerprint density at radius 1 is 1.02 bits per heavy atom. The molecule has 6 rings (SSSR count). The summed E-state index contributed by atoms with van der Waals surface area (Å²) in [5.74, 6) is -1.56. The van der Waals surface area contributed by atoms with Gasteiger partial charge in [0.25, 0.3) is 0 Å². The summed E-state index contributed by atoms with van der Waals surface area (Å²) in [7, 11) is 1.39. The Hall–Kier alpha value is -2.29. The van der Waals surface area contributed by atoms with Crippen LogP contribution in [0.25, 0.3) is 0 Å². The van der Waals surface area contributed by atoms with Crippen molar-refractivity contribution in [1.82, 2.24) is 0 Å². The molecule has 1 saturated carbocycles. The van der Waals surface area contributed by atoms with Gasteiger partial charge in [-0.1, -0.05) is 51.8 Å². The number of aliphatic hydroxyl groups excluding tert-OH is 1. The van der Waals surface area contributed by atoms with Gasteiger partial charge in [-0.05, 0) is 102 Å². The summed E-state index contributed by atoms with van der Waals surface area (Å²) in [5, 5.41) is 23.2. The highest BCUT2D eigenvalue weighted by Gasteiger charge is 2.64. The van der Waals surface area contributed by atoms with Gasteiger partial charge in [0.1, 0.15) is 23.1 Å². The molecule has 4 heterocycles. The van der Waals surface area contributed by atoms with Gasteiger partial charge in [0.05, 0.1) is 36.3 Å². The molecule has 1 unspecified atom stereocenters. The average Bonchev–Trinajstić information content (AvgIpc) is 3.44. The summed E-state index contributed by atoms with van der Waals surface area (Å²) in [6.07, 6.45) is 11.0. The highest BCUT2D eigenvalue weighted by molar-refractivity contribution is 5.90. The highest BCUT2D eigenvalue weighted by Crippen LogP contribution is 2.61. The third-order valence-corrected chi connectivity index (χ3v) is 13.0. The summed E-state index contributed by atoms with van der Waals surface area (Å²) in [4.78, 5) is 41.8. The van der Waals surface area contributed by atoms with Crippen molar-refractivity contribution in [2.75, 3.05) is 7.11 Å². The van der Waals surface area contributed by atoms with Crippen LogP contribution in [0.15, 0.2) is 35.1 Å². The standard InChI is InChI=1S/C41H62O8/c1-23(2)27-21-31(42)26(5)12-10-11-24(3)20-33-36-28-19-25(4)13-14-34(44)40(7)18-16-35(49-40)39(6,46)17-15-30(28)41(8,48-33)37(38(45)47-9)29(36)22-32(27)43/h15,19-20,23-24,26-29,34-37,44,46H,10-14,16-18,21-22H2,1-9H3/b25-19-,30-15+,33-20?/t24-,26+,27-,28-,29?,34+,35+,36-,37-,39-,40-,41+/m0/s1. The highest BCUT2D eigenvalue weighted by atomic mass is 16.5. The Balaban J connectivity index is 1.69. The molecule has 2 aliphatic carbocycles. The molecular weight excluding hydrogens is 620 g/mol. The van der Waals surface area contributed by atoms with E-state index in [2.05, 4.69) is 32.1 Å². The first kappa shape index (κ1) is 38.0. The Bertz CT molecular complexity index is 1370. The van der Waals surface area contributed by atoms with E-state index in [-0.39, 0.29) is 60.4 Å². The van der Waals surface area contributed by atoms with E-state index < -0.39 is 52.7 Å². The van der Waals surface area contributed by atoms with E-state index in [0.717, 1.165) is 36.2 Å². The Kier molecular flexibility index (Phi) is 11.1. The van der Waals surface area contributed by atoms with Crippen LogP contribution in [-0.2, 0) is 28.6 Å². The topological polar surface area (TPSA) is 119 Å². The second-order valence-electron chi connectivity index (χ2n) is 17.2. The zero-order valence-corrected chi connectivity index (χ0v) is 31.4. The maximum absolute atomic E-state index is 14.4. The molecule has 8 heteroatoms. The van der Waals surface area contributed by atoms with Crippen LogP contribution >= 0.6 is 0 Å². The van der Waals surface area contributed by atoms with Crippen molar-refractivity contribution in [2.24, 2.45) is 47.3 Å². The first-order valence-corrected chi connectivity index (χ1v) is 18.9. The minimum absolute atomic E-state index is 0.0124. The zero-order chi connectivity index (χ0) is 36.1. The van der Waals surface area contributed by atoms with Gasteiger partial charge < -0.3 is 24.4 Å². The third kappa shape index (κ3) is 7.39. The largest absolute Gasteiger partial charge is 0.487 e. The van der Waals surface area contributed by atoms with Crippen molar-refractivity contribution in [2.45, 2.75) is 149 Å². The third-order valence-electron chi connectivity index (χ3n) is 13.0. The lowest BCUT2D eigenvalue weighted by atomic mass is 9.52. The molecule has 274 valence electrons. The van der Waals surface area contributed by atoms with E-state index >= 15 is 0 Å². The maximum Gasteiger partial charge on any atom is 0.313 e. The second kappa shape index (κ2) is 14.4. The SMILES string of the molecule is COC(=O)[C@@H]1C2CC(=O)[C@H](C(C)C)CC(=O)[C@H](C)CCC[C@H](C)C=C3O[C@]1(C)/C1=C/C[C@](C)(O)[C@H]4CC[C@](C)(O4)[C@H](O)CC/C(C)=C\[C@@H]1[C@H]32. The second-order valence-corrected chi connectivity index (χ2v) is 17.2. The van der Waals surface area contributed by atoms with Crippen LogP contribution < -0.4 is 0 Å². The van der Waals surface area contributed by atoms with E-state index in [1.165, 1.54) is 7.11 Å². The molecule has 0 spiro atoms. The Morgan fingerprint density at radius 2 is 1.73 bits per heavy atom. The molecule has 49 heavy (non-hydrogen) atoms. The minimum Gasteiger partial charge on any atom is -0.487 e. The quantitative estimate of drug-likeness (QED) is 0.235. The van der Waals surface area contributed by atoms with Gasteiger partial charge in [-0.15, -0.1) is 0 Å². The van der Waals surface area contributed by atoms with Crippen molar-refractivity contribution < 1.29 is 38.8 Å².